The van der Waals surface area contributed by atoms with E-state index in [1.54, 1.807) is 14.2 Å². The topological polar surface area (TPSA) is 60.6 Å². The lowest BCUT2D eigenvalue weighted by atomic mass is 10.2. The monoisotopic (exact) mass is 317 g/mol. The van der Waals surface area contributed by atoms with Crippen molar-refractivity contribution < 1.29 is 14.0 Å². The van der Waals surface area contributed by atoms with Crippen LogP contribution < -0.4 is 9.47 Å². The molecule has 2 aromatic rings. The van der Waals surface area contributed by atoms with E-state index in [1.165, 1.54) is 25.7 Å². The molecule has 6 heteroatoms. The predicted octanol–water partition coefficient (Wildman–Crippen LogP) is 3.13. The third kappa shape index (κ3) is 3.82. The van der Waals surface area contributed by atoms with Crippen molar-refractivity contribution in [3.8, 4) is 22.9 Å². The van der Waals surface area contributed by atoms with E-state index in [0.717, 1.165) is 25.2 Å². The van der Waals surface area contributed by atoms with Crippen LogP contribution in [-0.2, 0) is 6.54 Å². The molecule has 23 heavy (non-hydrogen) atoms. The Morgan fingerprint density at radius 3 is 2.48 bits per heavy atom. The van der Waals surface area contributed by atoms with Gasteiger partial charge in [0.2, 0.25) is 11.7 Å². The summed E-state index contributed by atoms with van der Waals surface area (Å²) in [5, 5.41) is 4.10. The molecule has 3 rings (SSSR count). The fraction of sp³-hybridized carbons (Fsp3) is 0.529. The lowest BCUT2D eigenvalue weighted by Gasteiger charge is -2.16. The minimum atomic E-state index is 0.579. The minimum absolute atomic E-state index is 0.579. The Labute approximate surface area is 136 Å². The molecular weight excluding hydrogens is 294 g/mol. The van der Waals surface area contributed by atoms with Gasteiger partial charge in [0, 0.05) is 5.56 Å². The maximum Gasteiger partial charge on any atom is 0.241 e. The number of methoxy groups -OCH3 is 2. The zero-order chi connectivity index (χ0) is 16.1. The highest BCUT2D eigenvalue weighted by atomic mass is 16.5. The number of likely N-dealkylation sites (tertiary alicyclic amines) is 1. The highest BCUT2D eigenvalue weighted by molar-refractivity contribution is 5.60. The lowest BCUT2D eigenvalue weighted by molar-refractivity contribution is 0.234. The van der Waals surface area contributed by atoms with Crippen molar-refractivity contribution in [2.24, 2.45) is 0 Å². The van der Waals surface area contributed by atoms with Gasteiger partial charge in [0.1, 0.15) is 0 Å². The molecule has 0 radical (unpaired) electrons. The van der Waals surface area contributed by atoms with Crippen LogP contribution >= 0.6 is 0 Å². The zero-order valence-electron chi connectivity index (χ0n) is 13.7. The Kier molecular flexibility index (Phi) is 5.12. The zero-order valence-corrected chi connectivity index (χ0v) is 13.7. The van der Waals surface area contributed by atoms with E-state index in [9.17, 15) is 0 Å². The van der Waals surface area contributed by atoms with Gasteiger partial charge in [-0.2, -0.15) is 4.98 Å². The average Bonchev–Trinajstić information content (AvgIpc) is 2.90. The Hall–Kier alpha value is -2.08. The Morgan fingerprint density at radius 2 is 1.78 bits per heavy atom. The van der Waals surface area contributed by atoms with Crippen molar-refractivity contribution in [2.75, 3.05) is 27.3 Å². The van der Waals surface area contributed by atoms with Crippen LogP contribution in [0.3, 0.4) is 0 Å². The fourth-order valence-corrected chi connectivity index (χ4v) is 2.90. The highest BCUT2D eigenvalue weighted by Gasteiger charge is 2.15. The second-order valence-electron chi connectivity index (χ2n) is 5.77. The summed E-state index contributed by atoms with van der Waals surface area (Å²) in [5.41, 5.74) is 0.855. The standard InChI is InChI=1S/C17H23N3O3/c1-21-14-8-7-13(11-15(14)22-2)17-18-16(23-19-17)12-20-9-5-3-4-6-10-20/h7-8,11H,3-6,9-10,12H2,1-2H3. The summed E-state index contributed by atoms with van der Waals surface area (Å²) in [6, 6.07) is 5.61. The van der Waals surface area contributed by atoms with Gasteiger partial charge in [0.05, 0.1) is 20.8 Å². The van der Waals surface area contributed by atoms with E-state index in [4.69, 9.17) is 14.0 Å². The van der Waals surface area contributed by atoms with E-state index >= 15 is 0 Å². The van der Waals surface area contributed by atoms with E-state index in [1.807, 2.05) is 18.2 Å². The van der Waals surface area contributed by atoms with Crippen molar-refractivity contribution in [3.05, 3.63) is 24.1 Å². The minimum Gasteiger partial charge on any atom is -0.493 e. The van der Waals surface area contributed by atoms with Gasteiger partial charge in [0.15, 0.2) is 11.5 Å². The van der Waals surface area contributed by atoms with Crippen LogP contribution in [0, 0.1) is 0 Å². The molecule has 2 heterocycles. The summed E-state index contributed by atoms with van der Waals surface area (Å²) in [6.45, 7) is 2.93. The van der Waals surface area contributed by atoms with Crippen LogP contribution in [0.4, 0.5) is 0 Å². The maximum absolute atomic E-state index is 5.42. The lowest BCUT2D eigenvalue weighted by Crippen LogP contribution is -2.24. The smallest absolute Gasteiger partial charge is 0.241 e. The summed E-state index contributed by atoms with van der Waals surface area (Å²) in [5.74, 6) is 2.58. The van der Waals surface area contributed by atoms with Gasteiger partial charge in [-0.1, -0.05) is 18.0 Å². The number of aromatic nitrogens is 2. The molecule has 124 valence electrons. The van der Waals surface area contributed by atoms with Crippen LogP contribution in [0.25, 0.3) is 11.4 Å². The highest BCUT2D eigenvalue weighted by Crippen LogP contribution is 2.31. The number of nitrogens with zero attached hydrogens (tertiary/aromatic N) is 3. The van der Waals surface area contributed by atoms with E-state index in [0.29, 0.717) is 23.2 Å². The third-order valence-corrected chi connectivity index (χ3v) is 4.17. The summed E-state index contributed by atoms with van der Waals surface area (Å²) in [4.78, 5) is 6.91. The molecule has 0 spiro atoms. The molecule has 1 saturated heterocycles. The molecule has 0 saturated carbocycles. The van der Waals surface area contributed by atoms with Gasteiger partial charge in [-0.15, -0.1) is 0 Å². The molecule has 0 unspecified atom stereocenters. The van der Waals surface area contributed by atoms with Crippen LogP contribution in [0.5, 0.6) is 11.5 Å². The van der Waals surface area contributed by atoms with Crippen molar-refractivity contribution >= 4 is 0 Å². The van der Waals surface area contributed by atoms with Crippen molar-refractivity contribution in [1.82, 2.24) is 15.0 Å². The molecule has 0 N–H and O–H groups in total. The second kappa shape index (κ2) is 7.46. The van der Waals surface area contributed by atoms with Gasteiger partial charge in [0.25, 0.3) is 0 Å². The van der Waals surface area contributed by atoms with E-state index in [-0.39, 0.29) is 0 Å². The first-order valence-electron chi connectivity index (χ1n) is 8.07. The van der Waals surface area contributed by atoms with Crippen molar-refractivity contribution in [1.29, 1.82) is 0 Å². The Bertz CT molecular complexity index is 634. The normalized spacial score (nSPS) is 16.1. The Morgan fingerprint density at radius 1 is 1.04 bits per heavy atom. The molecule has 1 fully saturated rings. The number of hydrogen-bond donors (Lipinski definition) is 0. The first-order chi connectivity index (χ1) is 11.3. The molecule has 0 atom stereocenters. The van der Waals surface area contributed by atoms with Gasteiger partial charge in [-0.05, 0) is 44.1 Å². The van der Waals surface area contributed by atoms with Gasteiger partial charge in [-0.25, -0.2) is 0 Å². The first-order valence-corrected chi connectivity index (χ1v) is 8.07. The summed E-state index contributed by atoms with van der Waals surface area (Å²) in [7, 11) is 3.23. The van der Waals surface area contributed by atoms with Crippen LogP contribution in [0.15, 0.2) is 22.7 Å². The predicted molar refractivity (Wildman–Crippen MR) is 86.6 cm³/mol. The van der Waals surface area contributed by atoms with Crippen LogP contribution in [0.2, 0.25) is 0 Å². The molecule has 1 aliphatic heterocycles. The molecule has 1 aromatic heterocycles. The summed E-state index contributed by atoms with van der Waals surface area (Å²) < 4.78 is 16.0. The Balaban J connectivity index is 1.73. The molecule has 6 nitrogen and oxygen atoms in total. The van der Waals surface area contributed by atoms with E-state index in [2.05, 4.69) is 15.0 Å². The van der Waals surface area contributed by atoms with Gasteiger partial charge >= 0.3 is 0 Å². The maximum atomic E-state index is 5.42. The van der Waals surface area contributed by atoms with Crippen LogP contribution in [0.1, 0.15) is 31.6 Å². The molecule has 1 aromatic carbocycles. The van der Waals surface area contributed by atoms with Crippen LogP contribution in [-0.4, -0.2) is 42.3 Å². The quantitative estimate of drug-likeness (QED) is 0.844. The molecule has 1 aliphatic rings. The summed E-state index contributed by atoms with van der Waals surface area (Å²) >= 11 is 0. The van der Waals surface area contributed by atoms with Crippen molar-refractivity contribution in [3.63, 3.8) is 0 Å². The number of benzene rings is 1. The molecule has 0 bridgehead atoms. The number of ether oxygens (including phenoxy) is 2. The van der Waals surface area contributed by atoms with Gasteiger partial charge in [-0.3, -0.25) is 4.90 Å². The fourth-order valence-electron chi connectivity index (χ4n) is 2.90. The first kappa shape index (κ1) is 15.8. The number of rotatable bonds is 5. The molecule has 0 amide bonds. The SMILES string of the molecule is COc1ccc(-c2noc(CN3CCCCCC3)n2)cc1OC. The van der Waals surface area contributed by atoms with Gasteiger partial charge < -0.3 is 14.0 Å². The third-order valence-electron chi connectivity index (χ3n) is 4.17. The van der Waals surface area contributed by atoms with E-state index < -0.39 is 0 Å². The largest absolute Gasteiger partial charge is 0.493 e. The average molecular weight is 317 g/mol. The van der Waals surface area contributed by atoms with Crippen molar-refractivity contribution in [2.45, 2.75) is 32.2 Å². The molecule has 0 aliphatic carbocycles. The second-order valence-corrected chi connectivity index (χ2v) is 5.77. The number of hydrogen-bond acceptors (Lipinski definition) is 6. The molecular formula is C17H23N3O3. The summed E-state index contributed by atoms with van der Waals surface area (Å²) in [6.07, 6.45) is 5.13.